The Morgan fingerprint density at radius 3 is 1.13 bits per heavy atom. The lowest BCUT2D eigenvalue weighted by atomic mass is 10.2. The zero-order chi connectivity index (χ0) is 27.8. The zero-order valence-corrected chi connectivity index (χ0v) is 21.3. The van der Waals surface area contributed by atoms with Crippen molar-refractivity contribution in [3.05, 3.63) is 108 Å². The summed E-state index contributed by atoms with van der Waals surface area (Å²) < 4.78 is 26.3. The van der Waals surface area contributed by atoms with E-state index in [1.807, 2.05) is 0 Å². The summed E-state index contributed by atoms with van der Waals surface area (Å²) in [5.74, 6) is 0.585. The van der Waals surface area contributed by atoms with Crippen molar-refractivity contribution < 1.29 is 42.9 Å². The summed E-state index contributed by atoms with van der Waals surface area (Å²) in [6, 6.07) is 24.7. The molecule has 0 atom stereocenters. The average molecular weight is 545 g/mol. The van der Waals surface area contributed by atoms with E-state index in [0.717, 1.165) is 0 Å². The second kappa shape index (κ2) is 12.4. The maximum atomic E-state index is 12.4. The molecule has 4 aromatic carbocycles. The number of carbonyl (C=O) groups is 4. The molecule has 9 nitrogen and oxygen atoms in total. The molecule has 0 aliphatic carbocycles. The van der Waals surface area contributed by atoms with Gasteiger partial charge in [-0.2, -0.15) is 0 Å². The number of ether oxygens (including phenoxy) is 5. The summed E-state index contributed by atoms with van der Waals surface area (Å²) in [7, 11) is 0. The van der Waals surface area contributed by atoms with Gasteiger partial charge in [0, 0.05) is 6.92 Å². The van der Waals surface area contributed by atoms with Gasteiger partial charge in [0.15, 0.2) is 0 Å². The van der Waals surface area contributed by atoms with Crippen molar-refractivity contribution in [1.82, 2.24) is 0 Å². The second-order valence-corrected chi connectivity index (χ2v) is 8.20. The van der Waals surface area contributed by atoms with Crippen molar-refractivity contribution in [3.8, 4) is 34.5 Å². The summed E-state index contributed by atoms with van der Waals surface area (Å²) >= 11 is 3.53. The molecule has 0 heterocycles. The summed E-state index contributed by atoms with van der Waals surface area (Å²) in [6.07, 6.45) is 0. The quantitative estimate of drug-likeness (QED) is 0.156. The van der Waals surface area contributed by atoms with Crippen LogP contribution in [0.15, 0.2) is 97.1 Å². The molecule has 196 valence electrons. The zero-order valence-electron chi connectivity index (χ0n) is 20.4. The van der Waals surface area contributed by atoms with Crippen molar-refractivity contribution >= 4 is 35.8 Å². The molecular formula is C29H20O9S. The Morgan fingerprint density at radius 2 is 0.769 bits per heavy atom. The first kappa shape index (κ1) is 27.0. The fraction of sp³-hybridized carbons (Fsp3) is 0.0345. The molecule has 0 aliphatic heterocycles. The first-order valence-corrected chi connectivity index (χ1v) is 11.8. The van der Waals surface area contributed by atoms with Gasteiger partial charge in [-0.1, -0.05) is 12.6 Å². The number of esters is 3. The Kier molecular flexibility index (Phi) is 8.60. The van der Waals surface area contributed by atoms with E-state index in [2.05, 4.69) is 12.6 Å². The number of rotatable bonds is 8. The van der Waals surface area contributed by atoms with E-state index in [0.29, 0.717) is 34.3 Å². The van der Waals surface area contributed by atoms with Crippen molar-refractivity contribution in [2.75, 3.05) is 0 Å². The number of carbonyl (C=O) groups excluding carboxylic acids is 4. The fourth-order valence-corrected chi connectivity index (χ4v) is 3.31. The van der Waals surface area contributed by atoms with Gasteiger partial charge < -0.3 is 23.7 Å². The van der Waals surface area contributed by atoms with Crippen LogP contribution in [0.5, 0.6) is 34.5 Å². The number of hydrogen-bond donors (Lipinski definition) is 1. The minimum Gasteiger partial charge on any atom is -0.457 e. The molecule has 0 aliphatic rings. The van der Waals surface area contributed by atoms with Crippen LogP contribution < -0.4 is 23.7 Å². The minimum absolute atomic E-state index is 0.256. The van der Waals surface area contributed by atoms with Crippen LogP contribution in [0.3, 0.4) is 0 Å². The lowest BCUT2D eigenvalue weighted by Crippen LogP contribution is -2.08. The number of benzene rings is 4. The van der Waals surface area contributed by atoms with Crippen molar-refractivity contribution in [2.45, 2.75) is 6.92 Å². The van der Waals surface area contributed by atoms with Gasteiger partial charge in [-0.15, -0.1) is 0 Å². The highest BCUT2D eigenvalue weighted by Crippen LogP contribution is 2.27. The fourth-order valence-electron chi connectivity index (χ4n) is 3.20. The highest BCUT2D eigenvalue weighted by atomic mass is 32.1. The monoisotopic (exact) mass is 544 g/mol. The molecule has 0 radical (unpaired) electrons. The van der Waals surface area contributed by atoms with Crippen LogP contribution in [0.1, 0.15) is 27.6 Å². The lowest BCUT2D eigenvalue weighted by molar-refractivity contribution is -0.131. The summed E-state index contributed by atoms with van der Waals surface area (Å²) in [4.78, 5) is 46.6. The Balaban J connectivity index is 1.29. The third-order valence-electron chi connectivity index (χ3n) is 4.95. The molecule has 4 rings (SSSR count). The third kappa shape index (κ3) is 7.94. The molecule has 0 N–H and O–H groups in total. The van der Waals surface area contributed by atoms with Gasteiger partial charge in [-0.25, -0.2) is 14.4 Å². The van der Waals surface area contributed by atoms with E-state index in [9.17, 15) is 19.2 Å². The molecule has 0 amide bonds. The Bertz CT molecular complexity index is 1360. The molecule has 4 aromatic rings. The molecule has 0 fully saturated rings. The number of hydrogen-bond acceptors (Lipinski definition) is 9. The van der Waals surface area contributed by atoms with Crippen molar-refractivity contribution in [3.63, 3.8) is 0 Å². The van der Waals surface area contributed by atoms with Gasteiger partial charge in [-0.05, 0) is 97.1 Å². The third-order valence-corrected chi connectivity index (χ3v) is 5.04. The van der Waals surface area contributed by atoms with Gasteiger partial charge >= 0.3 is 23.2 Å². The molecule has 39 heavy (non-hydrogen) atoms. The van der Waals surface area contributed by atoms with Crippen LogP contribution in [-0.2, 0) is 4.79 Å². The molecule has 10 heteroatoms. The van der Waals surface area contributed by atoms with Gasteiger partial charge in [-0.3, -0.25) is 4.79 Å². The van der Waals surface area contributed by atoms with E-state index in [1.165, 1.54) is 55.5 Å². The molecule has 0 saturated carbocycles. The van der Waals surface area contributed by atoms with Crippen LogP contribution in [0, 0.1) is 0 Å². The topological polar surface area (TPSA) is 114 Å². The van der Waals surface area contributed by atoms with Crippen LogP contribution in [0.2, 0.25) is 0 Å². The smallest absolute Gasteiger partial charge is 0.369 e. The van der Waals surface area contributed by atoms with Crippen LogP contribution in [0.4, 0.5) is 4.79 Å². The maximum Gasteiger partial charge on any atom is 0.369 e. The first-order chi connectivity index (χ1) is 18.7. The predicted octanol–water partition coefficient (Wildman–Crippen LogP) is 6.27. The largest absolute Gasteiger partial charge is 0.457 e. The summed E-state index contributed by atoms with van der Waals surface area (Å²) in [5.41, 5.74) is 0.567. The van der Waals surface area contributed by atoms with Crippen molar-refractivity contribution in [2.24, 2.45) is 0 Å². The lowest BCUT2D eigenvalue weighted by Gasteiger charge is -2.09. The first-order valence-electron chi connectivity index (χ1n) is 11.4. The molecule has 0 spiro atoms. The van der Waals surface area contributed by atoms with Gasteiger partial charge in [0.25, 0.3) is 0 Å². The molecule has 0 unspecified atom stereocenters. The normalized spacial score (nSPS) is 10.2. The Hall–Kier alpha value is -5.09. The Morgan fingerprint density at radius 1 is 0.462 bits per heavy atom. The maximum absolute atomic E-state index is 12.4. The molecule has 0 bridgehead atoms. The van der Waals surface area contributed by atoms with Gasteiger partial charge in [0.05, 0.1) is 11.1 Å². The number of thiol groups is 1. The molecular weight excluding hydrogens is 524 g/mol. The average Bonchev–Trinajstić information content (AvgIpc) is 2.91. The summed E-state index contributed by atoms with van der Waals surface area (Å²) in [5, 5.41) is -0.756. The molecule has 0 aromatic heterocycles. The van der Waals surface area contributed by atoms with Crippen LogP contribution >= 0.6 is 12.6 Å². The predicted molar refractivity (Wildman–Crippen MR) is 142 cm³/mol. The standard InChI is InChI=1S/C29H20O9S/c1-18(30)34-21-6-2-19(3-7-21)27(31)36-24-14-10-22(11-15-24)35-23-12-16-25(17-13-23)37-28(32)20-4-8-26(9-5-20)38-29(33)39/h2-17H,1H3,(H,33,39). The van der Waals surface area contributed by atoms with Gasteiger partial charge in [0.1, 0.15) is 34.5 Å². The van der Waals surface area contributed by atoms with Crippen LogP contribution in [0.25, 0.3) is 0 Å². The Labute approximate surface area is 228 Å². The van der Waals surface area contributed by atoms with E-state index in [1.54, 1.807) is 48.5 Å². The van der Waals surface area contributed by atoms with E-state index in [-0.39, 0.29) is 11.3 Å². The highest BCUT2D eigenvalue weighted by Gasteiger charge is 2.11. The highest BCUT2D eigenvalue weighted by molar-refractivity contribution is 7.96. The van der Waals surface area contributed by atoms with E-state index >= 15 is 0 Å². The molecule has 0 saturated heterocycles. The van der Waals surface area contributed by atoms with E-state index < -0.39 is 23.2 Å². The van der Waals surface area contributed by atoms with Gasteiger partial charge in [0.2, 0.25) is 0 Å². The summed E-state index contributed by atoms with van der Waals surface area (Å²) in [6.45, 7) is 1.29. The second-order valence-electron chi connectivity index (χ2n) is 7.83. The van der Waals surface area contributed by atoms with E-state index in [4.69, 9.17) is 23.7 Å². The van der Waals surface area contributed by atoms with Crippen molar-refractivity contribution in [1.29, 1.82) is 0 Å². The SMILES string of the molecule is CC(=O)Oc1ccc(C(=O)Oc2ccc(Oc3ccc(OC(=O)c4ccc(OC(=O)S)cc4)cc3)cc2)cc1. The minimum atomic E-state index is -0.756. The van der Waals surface area contributed by atoms with Crippen LogP contribution in [-0.4, -0.2) is 23.2 Å².